The second kappa shape index (κ2) is 8.56. The van der Waals surface area contributed by atoms with Gasteiger partial charge in [0.2, 0.25) is 0 Å². The number of hydrogen-bond acceptors (Lipinski definition) is 5. The van der Waals surface area contributed by atoms with Gasteiger partial charge in [0, 0.05) is 43.5 Å². The third-order valence-electron chi connectivity index (χ3n) is 6.38. The summed E-state index contributed by atoms with van der Waals surface area (Å²) in [5, 5.41) is 0.500. The van der Waals surface area contributed by atoms with E-state index in [1.54, 1.807) is 26.3 Å². The molecule has 0 N–H and O–H groups in total. The summed E-state index contributed by atoms with van der Waals surface area (Å²) in [5.41, 5.74) is 2.53. The molecule has 2 heterocycles. The zero-order valence-electron chi connectivity index (χ0n) is 19.1. The molecule has 1 spiro atoms. The van der Waals surface area contributed by atoms with E-state index in [0.717, 1.165) is 42.5 Å². The van der Waals surface area contributed by atoms with Crippen molar-refractivity contribution in [2.24, 2.45) is 5.41 Å². The number of aromatic nitrogens is 1. The fourth-order valence-electron chi connectivity index (χ4n) is 5.44. The van der Waals surface area contributed by atoms with Crippen LogP contribution in [0.15, 0.2) is 29.2 Å². The maximum absolute atomic E-state index is 12.8. The van der Waals surface area contributed by atoms with Crippen molar-refractivity contribution in [1.82, 2.24) is 4.57 Å². The molecule has 2 aliphatic rings. The van der Waals surface area contributed by atoms with Crippen LogP contribution in [-0.2, 0) is 21.4 Å². The molecule has 4 rings (SSSR count). The molecule has 1 fully saturated rings. The van der Waals surface area contributed by atoms with Gasteiger partial charge >= 0.3 is 5.97 Å². The number of carbonyl (C=O) groups is 1. The van der Waals surface area contributed by atoms with Gasteiger partial charge in [-0.15, -0.1) is 0 Å². The Morgan fingerprint density at radius 2 is 1.94 bits per heavy atom. The van der Waals surface area contributed by atoms with Crippen LogP contribution in [0.25, 0.3) is 11.3 Å². The number of esters is 1. The zero-order chi connectivity index (χ0) is 23.1. The molecule has 1 aliphatic carbocycles. The third kappa shape index (κ3) is 4.06. The predicted molar refractivity (Wildman–Crippen MR) is 124 cm³/mol. The van der Waals surface area contributed by atoms with Gasteiger partial charge in [-0.2, -0.15) is 0 Å². The summed E-state index contributed by atoms with van der Waals surface area (Å²) in [5.74, 6) is 0.0689. The first kappa shape index (κ1) is 22.9. The second-order valence-corrected chi connectivity index (χ2v) is 9.99. The minimum absolute atomic E-state index is 0.0762. The van der Waals surface area contributed by atoms with Crippen LogP contribution in [0.1, 0.15) is 56.0 Å². The summed E-state index contributed by atoms with van der Waals surface area (Å²) in [6.07, 6.45) is 5.15. The van der Waals surface area contributed by atoms with E-state index in [2.05, 4.69) is 18.4 Å². The number of pyridine rings is 1. The topological polar surface area (TPSA) is 66.8 Å². The molecule has 1 aliphatic heterocycles. The molecule has 0 saturated heterocycles. The van der Waals surface area contributed by atoms with Gasteiger partial charge in [0.15, 0.2) is 5.43 Å². The van der Waals surface area contributed by atoms with Crippen molar-refractivity contribution in [3.63, 3.8) is 0 Å². The molecule has 2 aromatic rings. The molecule has 172 valence electrons. The average Bonchev–Trinajstić information content (AvgIpc) is 2.70. The first-order valence-corrected chi connectivity index (χ1v) is 11.5. The van der Waals surface area contributed by atoms with Crippen molar-refractivity contribution in [2.75, 3.05) is 26.9 Å². The van der Waals surface area contributed by atoms with Gasteiger partial charge in [-0.3, -0.25) is 4.79 Å². The van der Waals surface area contributed by atoms with E-state index in [1.807, 2.05) is 12.1 Å². The van der Waals surface area contributed by atoms with Crippen LogP contribution >= 0.6 is 11.6 Å². The van der Waals surface area contributed by atoms with Crippen molar-refractivity contribution < 1.29 is 19.0 Å². The van der Waals surface area contributed by atoms with E-state index >= 15 is 0 Å². The molecule has 6 nitrogen and oxygen atoms in total. The van der Waals surface area contributed by atoms with E-state index < -0.39 is 5.97 Å². The van der Waals surface area contributed by atoms with E-state index in [1.165, 1.54) is 0 Å². The first-order chi connectivity index (χ1) is 15.2. The largest absolute Gasteiger partial charge is 0.492 e. The number of methoxy groups -OCH3 is 1. The van der Waals surface area contributed by atoms with Crippen molar-refractivity contribution in [1.29, 1.82) is 0 Å². The Morgan fingerprint density at radius 1 is 1.19 bits per heavy atom. The predicted octanol–water partition coefficient (Wildman–Crippen LogP) is 4.83. The maximum Gasteiger partial charge on any atom is 0.343 e. The molecule has 0 unspecified atom stereocenters. The highest BCUT2D eigenvalue weighted by Gasteiger charge is 2.52. The minimum atomic E-state index is -0.579. The van der Waals surface area contributed by atoms with Crippen LogP contribution in [0.2, 0.25) is 5.02 Å². The van der Waals surface area contributed by atoms with Gasteiger partial charge < -0.3 is 18.8 Å². The molecule has 0 atom stereocenters. The monoisotopic (exact) mass is 459 g/mol. The van der Waals surface area contributed by atoms with Crippen LogP contribution in [0, 0.1) is 5.41 Å². The summed E-state index contributed by atoms with van der Waals surface area (Å²) in [4.78, 5) is 25.2. The van der Waals surface area contributed by atoms with E-state index in [0.29, 0.717) is 24.0 Å². The molecular weight excluding hydrogens is 430 g/mol. The number of rotatable bonds is 7. The Bertz CT molecular complexity index is 1100. The van der Waals surface area contributed by atoms with Crippen molar-refractivity contribution in [3.8, 4) is 17.0 Å². The summed E-state index contributed by atoms with van der Waals surface area (Å²) >= 11 is 6.55. The van der Waals surface area contributed by atoms with Crippen molar-refractivity contribution >= 4 is 17.6 Å². The standard InChI is InChI=1S/C25H30ClNO5/c1-5-31-23(29)18-13-27-20(11-21(18)28)17-10-19(26)22(32-8-6-7-30-4)9-16(17)12-25(27)14-24(2,3)15-25/h9-11,13H,5-8,12,14-15H2,1-4H3. The van der Waals surface area contributed by atoms with Crippen molar-refractivity contribution in [2.45, 2.75) is 52.0 Å². The fraction of sp³-hybridized carbons (Fsp3) is 0.520. The Hall–Kier alpha value is -2.31. The Labute approximate surface area is 193 Å². The second-order valence-electron chi connectivity index (χ2n) is 9.58. The first-order valence-electron chi connectivity index (χ1n) is 11.1. The number of fused-ring (bicyclic) bond motifs is 4. The Morgan fingerprint density at radius 3 is 2.59 bits per heavy atom. The highest BCUT2D eigenvalue weighted by atomic mass is 35.5. The normalized spacial score (nSPS) is 17.3. The number of nitrogens with zero attached hydrogens (tertiary/aromatic N) is 1. The smallest absolute Gasteiger partial charge is 0.343 e. The highest BCUT2D eigenvalue weighted by molar-refractivity contribution is 6.32. The number of benzene rings is 1. The fourth-order valence-corrected chi connectivity index (χ4v) is 5.66. The summed E-state index contributed by atoms with van der Waals surface area (Å²) in [6, 6.07) is 5.42. The molecule has 32 heavy (non-hydrogen) atoms. The number of halogens is 1. The zero-order valence-corrected chi connectivity index (χ0v) is 19.9. The highest BCUT2D eigenvalue weighted by Crippen LogP contribution is 2.58. The molecule has 0 bridgehead atoms. The van der Waals surface area contributed by atoms with E-state index in [4.69, 9.17) is 25.8 Å². The number of hydrogen-bond donors (Lipinski definition) is 0. The summed E-state index contributed by atoms with van der Waals surface area (Å²) < 4.78 is 18.2. The molecule has 0 radical (unpaired) electrons. The quantitative estimate of drug-likeness (QED) is 0.438. The maximum atomic E-state index is 12.8. The molecule has 1 saturated carbocycles. The van der Waals surface area contributed by atoms with Gasteiger partial charge in [0.1, 0.15) is 11.3 Å². The third-order valence-corrected chi connectivity index (χ3v) is 6.67. The summed E-state index contributed by atoms with van der Waals surface area (Å²) in [7, 11) is 1.66. The lowest BCUT2D eigenvalue weighted by Gasteiger charge is -2.57. The van der Waals surface area contributed by atoms with Gasteiger partial charge in [0.05, 0.1) is 23.9 Å². The lowest BCUT2D eigenvalue weighted by Crippen LogP contribution is -2.54. The van der Waals surface area contributed by atoms with Crippen molar-refractivity contribution in [3.05, 3.63) is 50.8 Å². The van der Waals surface area contributed by atoms with Crippen LogP contribution in [0.5, 0.6) is 5.75 Å². The Kier molecular flexibility index (Phi) is 6.12. The molecule has 1 aromatic carbocycles. The van der Waals surface area contributed by atoms with Crippen LogP contribution < -0.4 is 10.2 Å². The number of carbonyl (C=O) groups excluding carboxylic acids is 1. The van der Waals surface area contributed by atoms with E-state index in [-0.39, 0.29) is 28.6 Å². The Balaban J connectivity index is 1.79. The summed E-state index contributed by atoms with van der Waals surface area (Å²) in [6.45, 7) is 7.59. The lowest BCUT2D eigenvalue weighted by atomic mass is 9.56. The van der Waals surface area contributed by atoms with Gasteiger partial charge in [-0.25, -0.2) is 4.79 Å². The van der Waals surface area contributed by atoms with Gasteiger partial charge in [0.25, 0.3) is 0 Å². The SMILES string of the molecule is CCOC(=O)c1cn2c(cc1=O)-c1cc(Cl)c(OCCCOC)cc1CC21CC(C)(C)C1. The minimum Gasteiger partial charge on any atom is -0.492 e. The van der Waals surface area contributed by atoms with Crippen LogP contribution in [-0.4, -0.2) is 37.5 Å². The average molecular weight is 460 g/mol. The van der Waals surface area contributed by atoms with Crippen LogP contribution in [0.4, 0.5) is 0 Å². The van der Waals surface area contributed by atoms with Gasteiger partial charge in [-0.05, 0) is 49.3 Å². The molecular formula is C25H30ClNO5. The molecule has 0 amide bonds. The molecule has 7 heteroatoms. The van der Waals surface area contributed by atoms with Crippen LogP contribution in [0.3, 0.4) is 0 Å². The van der Waals surface area contributed by atoms with E-state index in [9.17, 15) is 9.59 Å². The molecule has 1 aromatic heterocycles. The van der Waals surface area contributed by atoms with Gasteiger partial charge in [-0.1, -0.05) is 25.4 Å². The number of ether oxygens (including phenoxy) is 3. The lowest BCUT2D eigenvalue weighted by molar-refractivity contribution is -0.00262.